The second-order valence-electron chi connectivity index (χ2n) is 7.58. The van der Waals surface area contributed by atoms with Crippen molar-refractivity contribution < 1.29 is 9.90 Å². The molecule has 0 spiro atoms. The molecule has 2 aromatic rings. The molecule has 1 N–H and O–H groups in total. The van der Waals surface area contributed by atoms with Crippen molar-refractivity contribution >= 4 is 23.6 Å². The van der Waals surface area contributed by atoms with E-state index < -0.39 is 0 Å². The molecule has 1 aliphatic carbocycles. The number of azide groups is 1. The van der Waals surface area contributed by atoms with Crippen molar-refractivity contribution in [1.29, 1.82) is 0 Å². The highest BCUT2D eigenvalue weighted by atomic mass is 16.3. The van der Waals surface area contributed by atoms with E-state index in [-0.39, 0.29) is 18.3 Å². The van der Waals surface area contributed by atoms with E-state index in [0.29, 0.717) is 29.7 Å². The van der Waals surface area contributed by atoms with Gasteiger partial charge < -0.3 is 5.11 Å². The van der Waals surface area contributed by atoms with Gasteiger partial charge in [-0.1, -0.05) is 95.7 Å². The number of benzene rings is 2. The third-order valence-corrected chi connectivity index (χ3v) is 5.16. The van der Waals surface area contributed by atoms with Gasteiger partial charge in [0.05, 0.1) is 0 Å². The average molecular weight is 412 g/mol. The summed E-state index contributed by atoms with van der Waals surface area (Å²) in [4.78, 5) is 15.7. The number of carbonyl (C=O) groups excluding carboxylic acids is 1. The molecule has 0 saturated heterocycles. The quantitative estimate of drug-likeness (QED) is 0.255. The Balaban J connectivity index is 1.74. The van der Waals surface area contributed by atoms with E-state index in [1.807, 2.05) is 67.6 Å². The standard InChI is InChI=1S/C26H25N3O2/c1-19-8-10-20(11-9-19)4-2-6-23-16-22(18-30)17-24(26(23)31)7-3-5-21-12-14-25(15-13-21)28-29-27/h2-15,22,30H,16-18H2,1H3/b4-2-,5-3-,23-6+,24-7-. The van der Waals surface area contributed by atoms with E-state index in [4.69, 9.17) is 5.53 Å². The first-order chi connectivity index (χ1) is 15.1. The van der Waals surface area contributed by atoms with Gasteiger partial charge >= 0.3 is 0 Å². The van der Waals surface area contributed by atoms with E-state index in [2.05, 4.69) is 22.2 Å². The maximum Gasteiger partial charge on any atom is 0.185 e. The first kappa shape index (κ1) is 22.0. The largest absolute Gasteiger partial charge is 0.396 e. The lowest BCUT2D eigenvalue weighted by molar-refractivity contribution is -0.113. The summed E-state index contributed by atoms with van der Waals surface area (Å²) in [6, 6.07) is 15.4. The van der Waals surface area contributed by atoms with Crippen molar-refractivity contribution in [3.63, 3.8) is 0 Å². The van der Waals surface area contributed by atoms with Crippen LogP contribution in [0.3, 0.4) is 0 Å². The van der Waals surface area contributed by atoms with Gasteiger partial charge in [-0.15, -0.1) is 0 Å². The van der Waals surface area contributed by atoms with Crippen molar-refractivity contribution in [1.82, 2.24) is 0 Å². The summed E-state index contributed by atoms with van der Waals surface area (Å²) < 4.78 is 0. The first-order valence-electron chi connectivity index (χ1n) is 10.2. The molecule has 156 valence electrons. The summed E-state index contributed by atoms with van der Waals surface area (Å²) in [6.45, 7) is 2.10. The van der Waals surface area contributed by atoms with E-state index in [1.54, 1.807) is 12.1 Å². The highest BCUT2D eigenvalue weighted by molar-refractivity contribution is 6.09. The van der Waals surface area contributed by atoms with Gasteiger partial charge in [0, 0.05) is 28.4 Å². The van der Waals surface area contributed by atoms with Crippen LogP contribution in [-0.2, 0) is 4.79 Å². The highest BCUT2D eigenvalue weighted by Crippen LogP contribution is 2.30. The number of hydrogen-bond donors (Lipinski definition) is 1. The van der Waals surface area contributed by atoms with Crippen LogP contribution in [0.1, 0.15) is 29.5 Å². The van der Waals surface area contributed by atoms with E-state index in [1.165, 1.54) is 5.56 Å². The molecule has 31 heavy (non-hydrogen) atoms. The van der Waals surface area contributed by atoms with Crippen LogP contribution < -0.4 is 0 Å². The molecule has 0 bridgehead atoms. The number of nitrogens with zero attached hydrogens (tertiary/aromatic N) is 3. The van der Waals surface area contributed by atoms with Crippen LogP contribution in [0, 0.1) is 12.8 Å². The summed E-state index contributed by atoms with van der Waals surface area (Å²) in [6.07, 6.45) is 12.4. The molecule has 0 amide bonds. The SMILES string of the molecule is Cc1ccc(/C=C\C=C2/CC(CO)C/C(=C/C=C\c3ccc(N=[N+]=[N-])cc3)C2=O)cc1. The molecule has 5 nitrogen and oxygen atoms in total. The van der Waals surface area contributed by atoms with Crippen molar-refractivity contribution in [2.75, 3.05) is 6.61 Å². The van der Waals surface area contributed by atoms with Gasteiger partial charge in [-0.05, 0) is 42.3 Å². The van der Waals surface area contributed by atoms with Gasteiger partial charge in [-0.3, -0.25) is 4.79 Å². The summed E-state index contributed by atoms with van der Waals surface area (Å²) >= 11 is 0. The zero-order chi connectivity index (χ0) is 22.1. The van der Waals surface area contributed by atoms with E-state index in [0.717, 1.165) is 11.1 Å². The minimum absolute atomic E-state index is 0.0293. The van der Waals surface area contributed by atoms with Gasteiger partial charge in [0.25, 0.3) is 0 Å². The fourth-order valence-electron chi connectivity index (χ4n) is 3.43. The van der Waals surface area contributed by atoms with Crippen molar-refractivity contribution in [2.45, 2.75) is 19.8 Å². The van der Waals surface area contributed by atoms with Gasteiger partial charge in [0.2, 0.25) is 0 Å². The molecule has 5 heteroatoms. The summed E-state index contributed by atoms with van der Waals surface area (Å²) in [5, 5.41) is 13.2. The molecule has 0 radical (unpaired) electrons. The molecule has 1 atom stereocenters. The smallest absolute Gasteiger partial charge is 0.185 e. The molecule has 1 fully saturated rings. The molecule has 0 aromatic heterocycles. The number of allylic oxidation sites excluding steroid dienone is 6. The van der Waals surface area contributed by atoms with Gasteiger partial charge in [-0.2, -0.15) is 0 Å². The minimum atomic E-state index is 0.0293. The number of carbonyl (C=O) groups is 1. The number of Topliss-reactive ketones (excluding diaryl/α,β-unsaturated/α-hetero) is 1. The van der Waals surface area contributed by atoms with Crippen molar-refractivity contribution in [2.24, 2.45) is 11.0 Å². The fourth-order valence-corrected chi connectivity index (χ4v) is 3.43. The Bertz CT molecular complexity index is 1080. The van der Waals surface area contributed by atoms with Crippen LogP contribution in [0.5, 0.6) is 0 Å². The average Bonchev–Trinajstić information content (AvgIpc) is 2.78. The predicted octanol–water partition coefficient (Wildman–Crippen LogP) is 6.49. The Hall–Kier alpha value is -3.66. The van der Waals surface area contributed by atoms with Gasteiger partial charge in [0.1, 0.15) is 0 Å². The van der Waals surface area contributed by atoms with Crippen molar-refractivity contribution in [3.05, 3.63) is 111 Å². The van der Waals surface area contributed by atoms with Crippen LogP contribution in [0.2, 0.25) is 0 Å². The zero-order valence-electron chi connectivity index (χ0n) is 17.5. The molecule has 1 saturated carbocycles. The number of aliphatic hydroxyl groups excluding tert-OH is 1. The van der Waals surface area contributed by atoms with Crippen LogP contribution in [0.15, 0.2) is 89.1 Å². The second kappa shape index (κ2) is 10.9. The van der Waals surface area contributed by atoms with Crippen LogP contribution in [0.4, 0.5) is 5.69 Å². The lowest BCUT2D eigenvalue weighted by atomic mass is 9.81. The van der Waals surface area contributed by atoms with Crippen LogP contribution in [-0.4, -0.2) is 17.5 Å². The Morgan fingerprint density at radius 3 is 1.97 bits per heavy atom. The lowest BCUT2D eigenvalue weighted by Crippen LogP contribution is -2.22. The Kier molecular flexibility index (Phi) is 7.77. The molecule has 1 aliphatic rings. The van der Waals surface area contributed by atoms with Crippen LogP contribution >= 0.6 is 0 Å². The number of rotatable bonds is 6. The molecule has 0 aliphatic heterocycles. The monoisotopic (exact) mass is 411 g/mol. The Morgan fingerprint density at radius 1 is 0.968 bits per heavy atom. The topological polar surface area (TPSA) is 86.1 Å². The molecule has 2 aromatic carbocycles. The maximum atomic E-state index is 12.9. The third-order valence-electron chi connectivity index (χ3n) is 5.16. The van der Waals surface area contributed by atoms with Crippen molar-refractivity contribution in [3.8, 4) is 0 Å². The molecule has 3 rings (SSSR count). The molecular formula is C26H25N3O2. The number of aliphatic hydroxyl groups is 1. The normalized spacial score (nSPS) is 19.4. The summed E-state index contributed by atoms with van der Waals surface area (Å²) in [7, 11) is 0. The Labute approximate surface area is 182 Å². The summed E-state index contributed by atoms with van der Waals surface area (Å²) in [5.74, 6) is 0.0705. The first-order valence-corrected chi connectivity index (χ1v) is 10.2. The number of ketones is 1. The minimum Gasteiger partial charge on any atom is -0.396 e. The predicted molar refractivity (Wildman–Crippen MR) is 125 cm³/mol. The third kappa shape index (κ3) is 6.41. The highest BCUT2D eigenvalue weighted by Gasteiger charge is 2.26. The fraction of sp³-hybridized carbons (Fsp3) is 0.192. The molecular weight excluding hydrogens is 386 g/mol. The number of hydrogen-bond acceptors (Lipinski definition) is 3. The Morgan fingerprint density at radius 2 is 1.48 bits per heavy atom. The van der Waals surface area contributed by atoms with Gasteiger partial charge in [-0.25, -0.2) is 0 Å². The molecule has 1 unspecified atom stereocenters. The second-order valence-corrected chi connectivity index (χ2v) is 7.58. The zero-order valence-corrected chi connectivity index (χ0v) is 17.5. The van der Waals surface area contributed by atoms with E-state index in [9.17, 15) is 9.90 Å². The molecule has 0 heterocycles. The number of aryl methyl sites for hydroxylation is 1. The lowest BCUT2D eigenvalue weighted by Gasteiger charge is -2.23. The van der Waals surface area contributed by atoms with E-state index >= 15 is 0 Å². The van der Waals surface area contributed by atoms with Gasteiger partial charge in [0.15, 0.2) is 5.78 Å². The summed E-state index contributed by atoms with van der Waals surface area (Å²) in [5.41, 5.74) is 13.7. The maximum absolute atomic E-state index is 12.9. The van der Waals surface area contributed by atoms with Crippen LogP contribution in [0.25, 0.3) is 22.6 Å².